The molecule has 1 aromatic heterocycles. The number of hydrogen-bond acceptors (Lipinski definition) is 1. The second-order valence-corrected chi connectivity index (χ2v) is 5.41. The van der Waals surface area contributed by atoms with Crippen LogP contribution in [0.5, 0.6) is 0 Å². The molecule has 0 spiro atoms. The van der Waals surface area contributed by atoms with Crippen LogP contribution < -0.4 is 0 Å². The Labute approximate surface area is 104 Å². The van der Waals surface area contributed by atoms with Crippen LogP contribution in [0.4, 0.5) is 0 Å². The van der Waals surface area contributed by atoms with Gasteiger partial charge in [0.05, 0.1) is 17.3 Å². The van der Waals surface area contributed by atoms with Crippen LogP contribution in [0.25, 0.3) is 10.9 Å². The van der Waals surface area contributed by atoms with E-state index in [2.05, 4.69) is 45.7 Å². The number of fused-ring (bicyclic) bond motifs is 1. The van der Waals surface area contributed by atoms with Gasteiger partial charge in [-0.05, 0) is 43.9 Å². The molecule has 0 bridgehead atoms. The van der Waals surface area contributed by atoms with E-state index in [1.807, 2.05) is 0 Å². The van der Waals surface area contributed by atoms with E-state index in [4.69, 9.17) is 5.10 Å². The summed E-state index contributed by atoms with van der Waals surface area (Å²) >= 11 is 3.55. The number of rotatable bonds is 2. The molecule has 1 aliphatic carbocycles. The van der Waals surface area contributed by atoms with Crippen molar-refractivity contribution in [3.05, 3.63) is 28.4 Å². The molecule has 0 saturated heterocycles. The van der Waals surface area contributed by atoms with Crippen LogP contribution in [0.3, 0.4) is 0 Å². The zero-order chi connectivity index (χ0) is 11.1. The largest absolute Gasteiger partial charge is 0.261 e. The van der Waals surface area contributed by atoms with Crippen molar-refractivity contribution in [2.45, 2.75) is 38.6 Å². The first kappa shape index (κ1) is 10.3. The molecule has 0 unspecified atom stereocenters. The van der Waals surface area contributed by atoms with Crippen LogP contribution in [0.1, 0.15) is 37.9 Å². The second-order valence-electron chi connectivity index (χ2n) is 4.49. The van der Waals surface area contributed by atoms with Crippen LogP contribution >= 0.6 is 15.9 Å². The predicted octanol–water partition coefficient (Wildman–Crippen LogP) is 4.09. The van der Waals surface area contributed by atoms with Gasteiger partial charge >= 0.3 is 0 Å². The molecule has 2 aromatic rings. The van der Waals surface area contributed by atoms with E-state index in [-0.39, 0.29) is 0 Å². The predicted molar refractivity (Wildman–Crippen MR) is 69.7 cm³/mol. The van der Waals surface area contributed by atoms with Crippen LogP contribution in [-0.2, 0) is 6.42 Å². The molecule has 0 aliphatic heterocycles. The highest BCUT2D eigenvalue weighted by Gasteiger charge is 2.23. The van der Waals surface area contributed by atoms with Crippen molar-refractivity contribution in [3.8, 4) is 0 Å². The molecule has 0 amide bonds. The van der Waals surface area contributed by atoms with Gasteiger partial charge in [0, 0.05) is 9.86 Å². The molecule has 16 heavy (non-hydrogen) atoms. The molecule has 0 N–H and O–H groups in total. The van der Waals surface area contributed by atoms with Gasteiger partial charge in [0.1, 0.15) is 0 Å². The summed E-state index contributed by atoms with van der Waals surface area (Å²) in [5.41, 5.74) is 2.52. The van der Waals surface area contributed by atoms with Crippen molar-refractivity contribution in [2.24, 2.45) is 0 Å². The summed E-state index contributed by atoms with van der Waals surface area (Å²) in [4.78, 5) is 0. The van der Waals surface area contributed by atoms with E-state index in [0.717, 1.165) is 10.9 Å². The third-order valence-electron chi connectivity index (χ3n) is 3.50. The van der Waals surface area contributed by atoms with E-state index in [0.29, 0.717) is 6.04 Å². The smallest absolute Gasteiger partial charge is 0.0700 e. The number of halogens is 1. The fourth-order valence-electron chi connectivity index (χ4n) is 2.35. The first-order valence-corrected chi connectivity index (χ1v) is 6.75. The Bertz CT molecular complexity index is 526. The summed E-state index contributed by atoms with van der Waals surface area (Å²) in [6.45, 7) is 2.18. The first-order valence-electron chi connectivity index (χ1n) is 5.96. The SMILES string of the molecule is CCc1nn(C2CCC2)c2cc(Br)ccc12. The fraction of sp³-hybridized carbons (Fsp3) is 0.462. The second kappa shape index (κ2) is 3.88. The van der Waals surface area contributed by atoms with Gasteiger partial charge in [-0.15, -0.1) is 0 Å². The van der Waals surface area contributed by atoms with Gasteiger partial charge in [-0.25, -0.2) is 0 Å². The van der Waals surface area contributed by atoms with Gasteiger partial charge in [0.15, 0.2) is 0 Å². The number of hydrogen-bond donors (Lipinski definition) is 0. The van der Waals surface area contributed by atoms with Crippen LogP contribution in [0, 0.1) is 0 Å². The zero-order valence-electron chi connectivity index (χ0n) is 9.41. The van der Waals surface area contributed by atoms with E-state index in [1.54, 1.807) is 0 Å². The van der Waals surface area contributed by atoms with Gasteiger partial charge in [0.25, 0.3) is 0 Å². The Balaban J connectivity index is 2.22. The lowest BCUT2D eigenvalue weighted by molar-refractivity contribution is 0.296. The number of aryl methyl sites for hydroxylation is 1. The molecule has 1 heterocycles. The lowest BCUT2D eigenvalue weighted by Gasteiger charge is -2.26. The third-order valence-corrected chi connectivity index (χ3v) is 3.99. The summed E-state index contributed by atoms with van der Waals surface area (Å²) in [5.74, 6) is 0. The zero-order valence-corrected chi connectivity index (χ0v) is 11.0. The minimum absolute atomic E-state index is 0.636. The van der Waals surface area contributed by atoms with Gasteiger partial charge < -0.3 is 0 Å². The average molecular weight is 279 g/mol. The molecular weight excluding hydrogens is 264 g/mol. The molecule has 1 aliphatic rings. The summed E-state index contributed by atoms with van der Waals surface area (Å²) < 4.78 is 3.38. The Morgan fingerprint density at radius 3 is 2.88 bits per heavy atom. The molecular formula is C13H15BrN2. The van der Waals surface area contributed by atoms with Crippen molar-refractivity contribution in [1.29, 1.82) is 0 Å². The number of benzene rings is 1. The minimum atomic E-state index is 0.636. The van der Waals surface area contributed by atoms with E-state index >= 15 is 0 Å². The van der Waals surface area contributed by atoms with E-state index < -0.39 is 0 Å². The Kier molecular flexibility index (Phi) is 2.51. The van der Waals surface area contributed by atoms with Crippen molar-refractivity contribution >= 4 is 26.8 Å². The lowest BCUT2D eigenvalue weighted by atomic mass is 9.93. The van der Waals surface area contributed by atoms with Gasteiger partial charge in [-0.3, -0.25) is 4.68 Å². The molecule has 1 fully saturated rings. The molecule has 1 saturated carbocycles. The van der Waals surface area contributed by atoms with Gasteiger partial charge in [-0.1, -0.05) is 22.9 Å². The first-order chi connectivity index (χ1) is 7.79. The summed E-state index contributed by atoms with van der Waals surface area (Å²) in [6, 6.07) is 7.12. The van der Waals surface area contributed by atoms with Crippen molar-refractivity contribution in [1.82, 2.24) is 9.78 Å². The summed E-state index contributed by atoms with van der Waals surface area (Å²) in [6.07, 6.45) is 4.93. The Morgan fingerprint density at radius 2 is 2.25 bits per heavy atom. The van der Waals surface area contributed by atoms with Crippen LogP contribution in [0.15, 0.2) is 22.7 Å². The van der Waals surface area contributed by atoms with Crippen LogP contribution in [0.2, 0.25) is 0 Å². The van der Waals surface area contributed by atoms with E-state index in [9.17, 15) is 0 Å². The molecule has 3 heteroatoms. The van der Waals surface area contributed by atoms with Gasteiger partial charge in [0.2, 0.25) is 0 Å². The number of aromatic nitrogens is 2. The minimum Gasteiger partial charge on any atom is -0.261 e. The van der Waals surface area contributed by atoms with Crippen molar-refractivity contribution < 1.29 is 0 Å². The highest BCUT2D eigenvalue weighted by atomic mass is 79.9. The lowest BCUT2D eigenvalue weighted by Crippen LogP contribution is -2.18. The summed E-state index contributed by atoms with van der Waals surface area (Å²) in [5, 5.41) is 6.08. The third kappa shape index (κ3) is 1.49. The monoisotopic (exact) mass is 278 g/mol. The fourth-order valence-corrected chi connectivity index (χ4v) is 2.70. The standard InChI is InChI=1S/C13H15BrN2/c1-2-12-11-7-6-9(14)8-13(11)16(15-12)10-4-3-5-10/h6-8,10H,2-5H2,1H3. The Hall–Kier alpha value is -0.830. The van der Waals surface area contributed by atoms with Crippen LogP contribution in [-0.4, -0.2) is 9.78 Å². The average Bonchev–Trinajstić information content (AvgIpc) is 2.54. The normalized spacial score (nSPS) is 16.6. The summed E-state index contributed by atoms with van der Waals surface area (Å²) in [7, 11) is 0. The van der Waals surface area contributed by atoms with E-state index in [1.165, 1.54) is 35.9 Å². The molecule has 3 rings (SSSR count). The molecule has 84 valence electrons. The number of nitrogens with zero attached hydrogens (tertiary/aromatic N) is 2. The van der Waals surface area contributed by atoms with Crippen molar-refractivity contribution in [3.63, 3.8) is 0 Å². The van der Waals surface area contributed by atoms with Gasteiger partial charge in [-0.2, -0.15) is 5.10 Å². The maximum Gasteiger partial charge on any atom is 0.0700 e. The topological polar surface area (TPSA) is 17.8 Å². The quantitative estimate of drug-likeness (QED) is 0.809. The molecule has 0 atom stereocenters. The highest BCUT2D eigenvalue weighted by molar-refractivity contribution is 9.10. The maximum absolute atomic E-state index is 4.77. The molecule has 1 aromatic carbocycles. The molecule has 0 radical (unpaired) electrons. The Morgan fingerprint density at radius 1 is 1.44 bits per heavy atom. The highest BCUT2D eigenvalue weighted by Crippen LogP contribution is 2.35. The maximum atomic E-state index is 4.77. The molecule has 2 nitrogen and oxygen atoms in total. The van der Waals surface area contributed by atoms with Crippen molar-refractivity contribution in [2.75, 3.05) is 0 Å².